The summed E-state index contributed by atoms with van der Waals surface area (Å²) in [7, 11) is -0.526. The van der Waals surface area contributed by atoms with Crippen molar-refractivity contribution in [2.45, 2.75) is 12.7 Å². The molecule has 2 aromatic rings. The topological polar surface area (TPSA) is 27.8 Å². The van der Waals surface area contributed by atoms with Gasteiger partial charge < -0.3 is 9.83 Å². The molecule has 0 bridgehead atoms. The van der Waals surface area contributed by atoms with E-state index in [9.17, 15) is 5.02 Å². The van der Waals surface area contributed by atoms with Gasteiger partial charge in [0.2, 0.25) is 0 Å². The second-order valence-corrected chi connectivity index (χ2v) is 5.46. The Bertz CT molecular complexity index is 711. The minimum Gasteiger partial charge on any atom is -0.432 e. The molecular formula is C15H14BClN2O. The van der Waals surface area contributed by atoms with Crippen LogP contribution >= 0.6 is 11.6 Å². The van der Waals surface area contributed by atoms with E-state index in [1.807, 2.05) is 35.1 Å². The Kier molecular flexibility index (Phi) is 3.33. The molecule has 1 aliphatic heterocycles. The maximum absolute atomic E-state index is 9.91. The fourth-order valence-corrected chi connectivity index (χ4v) is 3.24. The molecule has 0 amide bonds. The van der Waals surface area contributed by atoms with Gasteiger partial charge in [0.05, 0.1) is 6.57 Å². The number of hydrogen-bond acceptors (Lipinski definition) is 2. The molecule has 1 unspecified atom stereocenters. The van der Waals surface area contributed by atoms with Gasteiger partial charge in [-0.2, -0.15) is 0 Å². The summed E-state index contributed by atoms with van der Waals surface area (Å²) in [5.41, 5.74) is 2.88. The van der Waals surface area contributed by atoms with E-state index < -0.39 is 7.05 Å². The van der Waals surface area contributed by atoms with E-state index in [2.05, 4.69) is 4.85 Å². The first-order chi connectivity index (χ1) is 9.65. The summed E-state index contributed by atoms with van der Waals surface area (Å²) >= 11 is 6.11. The second kappa shape index (κ2) is 5.01. The van der Waals surface area contributed by atoms with Gasteiger partial charge in [0.1, 0.15) is 0 Å². The Morgan fingerprint density at radius 1 is 1.45 bits per heavy atom. The first kappa shape index (κ1) is 13.3. The van der Waals surface area contributed by atoms with Gasteiger partial charge in [-0.1, -0.05) is 18.2 Å². The summed E-state index contributed by atoms with van der Waals surface area (Å²) in [6.45, 7) is 9.61. The summed E-state index contributed by atoms with van der Waals surface area (Å²) in [4.78, 5) is 5.45. The van der Waals surface area contributed by atoms with Crippen molar-refractivity contribution in [3.05, 3.63) is 47.3 Å². The van der Waals surface area contributed by atoms with Crippen LogP contribution in [-0.4, -0.2) is 24.5 Å². The molecule has 1 N–H and O–H groups in total. The van der Waals surface area contributed by atoms with E-state index in [1.54, 1.807) is 6.82 Å². The quantitative estimate of drug-likeness (QED) is 0.518. The smallest absolute Gasteiger partial charge is 0.409 e. The Hall–Kier alpha value is -1.70. The van der Waals surface area contributed by atoms with Crippen molar-refractivity contribution in [2.75, 3.05) is 17.2 Å². The van der Waals surface area contributed by atoms with Crippen LogP contribution in [-0.2, 0) is 0 Å². The Morgan fingerprint density at radius 2 is 2.25 bits per heavy atom. The molecule has 1 atom stereocenters. The highest BCUT2D eigenvalue weighted by atomic mass is 35.5. The fraction of sp³-hybridized carbons (Fsp3) is 0.267. The van der Waals surface area contributed by atoms with Crippen molar-refractivity contribution in [1.29, 1.82) is 0 Å². The minimum atomic E-state index is -0.526. The van der Waals surface area contributed by atoms with Crippen LogP contribution in [0.2, 0.25) is 6.82 Å². The number of anilines is 1. The lowest BCUT2D eigenvalue weighted by Gasteiger charge is -2.20. The largest absolute Gasteiger partial charge is 0.432 e. The van der Waals surface area contributed by atoms with E-state index in [0.29, 0.717) is 11.6 Å². The average molecular weight is 285 g/mol. The third kappa shape index (κ3) is 1.95. The molecule has 0 saturated carbocycles. The lowest BCUT2D eigenvalue weighted by molar-refractivity contribution is 0.569. The molecule has 100 valence electrons. The van der Waals surface area contributed by atoms with Gasteiger partial charge >= 0.3 is 7.05 Å². The minimum absolute atomic E-state index is 0.212. The van der Waals surface area contributed by atoms with Gasteiger partial charge in [0.25, 0.3) is 0 Å². The molecule has 20 heavy (non-hydrogen) atoms. The Morgan fingerprint density at radius 3 is 2.90 bits per heavy atom. The summed E-state index contributed by atoms with van der Waals surface area (Å²) in [5, 5.41) is 12.1. The lowest BCUT2D eigenvalue weighted by Crippen LogP contribution is -2.36. The van der Waals surface area contributed by atoms with Crippen LogP contribution in [0.3, 0.4) is 0 Å². The van der Waals surface area contributed by atoms with Gasteiger partial charge in [-0.15, -0.1) is 11.6 Å². The lowest BCUT2D eigenvalue weighted by atomic mass is 9.85. The molecule has 0 radical (unpaired) electrons. The number of hydrogen-bond donors (Lipinski definition) is 1. The highest BCUT2D eigenvalue weighted by Crippen LogP contribution is 2.42. The monoisotopic (exact) mass is 284 g/mol. The molecule has 3 nitrogen and oxygen atoms in total. The van der Waals surface area contributed by atoms with Crippen LogP contribution in [0.5, 0.6) is 0 Å². The fourth-order valence-electron chi connectivity index (χ4n) is 2.99. The molecule has 3 rings (SSSR count). The van der Waals surface area contributed by atoms with Gasteiger partial charge in [-0.25, -0.2) is 4.85 Å². The molecule has 0 aliphatic carbocycles. The SMILES string of the molecule is [C-]#[N+]c1ccc2c3c(ccc2c1)N(B(C)O)CC3CCl. The maximum Gasteiger partial charge on any atom is 0.409 e. The zero-order valence-corrected chi connectivity index (χ0v) is 11.9. The molecule has 1 heterocycles. The number of nitrogens with zero attached hydrogens (tertiary/aromatic N) is 2. The number of fused-ring (bicyclic) bond motifs is 3. The molecule has 0 aromatic heterocycles. The van der Waals surface area contributed by atoms with Crippen LogP contribution < -0.4 is 4.81 Å². The van der Waals surface area contributed by atoms with Crippen molar-refractivity contribution >= 4 is 40.8 Å². The predicted molar refractivity (Wildman–Crippen MR) is 84.9 cm³/mol. The van der Waals surface area contributed by atoms with Crippen molar-refractivity contribution in [2.24, 2.45) is 0 Å². The van der Waals surface area contributed by atoms with E-state index in [4.69, 9.17) is 18.2 Å². The van der Waals surface area contributed by atoms with E-state index >= 15 is 0 Å². The summed E-state index contributed by atoms with van der Waals surface area (Å²) in [5.74, 6) is 0.739. The normalized spacial score (nSPS) is 17.1. The van der Waals surface area contributed by atoms with E-state index in [-0.39, 0.29) is 5.92 Å². The molecule has 0 fully saturated rings. The number of halogens is 1. The second-order valence-electron chi connectivity index (χ2n) is 5.15. The third-order valence-electron chi connectivity index (χ3n) is 3.92. The Balaban J connectivity index is 2.24. The van der Waals surface area contributed by atoms with Crippen molar-refractivity contribution in [3.8, 4) is 0 Å². The number of alkyl halides is 1. The Labute approximate surface area is 123 Å². The summed E-state index contributed by atoms with van der Waals surface area (Å²) < 4.78 is 0. The molecule has 1 aliphatic rings. The van der Waals surface area contributed by atoms with Gasteiger partial charge in [0.15, 0.2) is 5.69 Å². The first-order valence-corrected chi connectivity index (χ1v) is 7.14. The first-order valence-electron chi connectivity index (χ1n) is 6.60. The molecule has 0 saturated heterocycles. The van der Waals surface area contributed by atoms with Crippen molar-refractivity contribution < 1.29 is 5.02 Å². The highest BCUT2D eigenvalue weighted by molar-refractivity contribution is 6.54. The number of rotatable bonds is 2. The number of benzene rings is 2. The molecule has 0 spiro atoms. The van der Waals surface area contributed by atoms with Crippen LogP contribution in [0.25, 0.3) is 15.6 Å². The van der Waals surface area contributed by atoms with Crippen LogP contribution in [0.1, 0.15) is 11.5 Å². The van der Waals surface area contributed by atoms with Crippen LogP contribution in [0.15, 0.2) is 30.3 Å². The summed E-state index contributed by atoms with van der Waals surface area (Å²) in [6.07, 6.45) is 0. The van der Waals surface area contributed by atoms with Gasteiger partial charge in [-0.05, 0) is 35.3 Å². The zero-order chi connectivity index (χ0) is 14.3. The average Bonchev–Trinajstić information content (AvgIpc) is 2.85. The predicted octanol–water partition coefficient (Wildman–Crippen LogP) is 3.64. The molecular weight excluding hydrogens is 270 g/mol. The van der Waals surface area contributed by atoms with E-state index in [0.717, 1.165) is 23.0 Å². The van der Waals surface area contributed by atoms with Gasteiger partial charge in [0, 0.05) is 24.0 Å². The zero-order valence-electron chi connectivity index (χ0n) is 11.2. The van der Waals surface area contributed by atoms with Crippen molar-refractivity contribution in [1.82, 2.24) is 0 Å². The van der Waals surface area contributed by atoms with E-state index in [1.165, 1.54) is 5.56 Å². The maximum atomic E-state index is 9.91. The van der Waals surface area contributed by atoms with Crippen molar-refractivity contribution in [3.63, 3.8) is 0 Å². The molecule has 5 heteroatoms. The molecule has 2 aromatic carbocycles. The van der Waals surface area contributed by atoms with Gasteiger partial charge in [-0.3, -0.25) is 0 Å². The standard InChI is InChI=1S/C15H14BClN2O/c1-16(20)19-9-11(8-17)15-13-5-4-12(18-2)7-10(13)3-6-14(15)19/h3-7,11,20H,8-9H2,1H3. The summed E-state index contributed by atoms with van der Waals surface area (Å²) in [6, 6.07) is 9.76. The third-order valence-corrected chi connectivity index (χ3v) is 4.30. The highest BCUT2D eigenvalue weighted by Gasteiger charge is 2.33. The van der Waals surface area contributed by atoms with Crippen LogP contribution in [0, 0.1) is 6.57 Å². The van der Waals surface area contributed by atoms with Crippen LogP contribution in [0.4, 0.5) is 11.4 Å².